The number of ether oxygens (including phenoxy) is 1. The number of hydrogen-bond acceptors (Lipinski definition) is 4. The van der Waals surface area contributed by atoms with E-state index in [1.807, 2.05) is 0 Å². The highest BCUT2D eigenvalue weighted by Crippen LogP contribution is 2.27. The highest BCUT2D eigenvalue weighted by Gasteiger charge is 2.22. The molecule has 0 spiro atoms. The van der Waals surface area contributed by atoms with Gasteiger partial charge in [-0.2, -0.15) is 0 Å². The molecular weight excluding hydrogens is 406 g/mol. The van der Waals surface area contributed by atoms with Gasteiger partial charge in [0.2, 0.25) is 10.0 Å². The van der Waals surface area contributed by atoms with Crippen LogP contribution in [0.3, 0.4) is 0 Å². The molecule has 122 valence electrons. The van der Waals surface area contributed by atoms with Crippen molar-refractivity contribution in [3.05, 3.63) is 57.5 Å². The third-order valence-corrected chi connectivity index (χ3v) is 5.77. The molecule has 23 heavy (non-hydrogen) atoms. The molecule has 0 aliphatic carbocycles. The monoisotopic (exact) mass is 417 g/mol. The minimum atomic E-state index is -3.67. The number of esters is 1. The molecular formula is C15H13BrClNO4S. The maximum Gasteiger partial charge on any atom is 0.345 e. The molecule has 5 nitrogen and oxygen atoms in total. The quantitative estimate of drug-likeness (QED) is 0.562. The van der Waals surface area contributed by atoms with Crippen molar-refractivity contribution in [2.75, 3.05) is 14.1 Å². The van der Waals surface area contributed by atoms with Gasteiger partial charge in [0, 0.05) is 14.1 Å². The van der Waals surface area contributed by atoms with Crippen LogP contribution < -0.4 is 4.74 Å². The normalized spacial score (nSPS) is 11.5. The second-order valence-corrected chi connectivity index (χ2v) is 8.16. The summed E-state index contributed by atoms with van der Waals surface area (Å²) < 4.78 is 31.2. The number of sulfonamides is 1. The maximum absolute atomic E-state index is 12.3. The zero-order valence-corrected chi connectivity index (χ0v) is 15.4. The summed E-state index contributed by atoms with van der Waals surface area (Å²) in [5, 5.41) is 0.111. The fourth-order valence-corrected chi connectivity index (χ4v) is 3.20. The van der Waals surface area contributed by atoms with Crippen LogP contribution in [0, 0.1) is 0 Å². The summed E-state index contributed by atoms with van der Waals surface area (Å²) in [5.41, 5.74) is -0.0228. The molecule has 0 N–H and O–H groups in total. The SMILES string of the molecule is CN(C)S(=O)(=O)c1ccc(Cl)c(C(=O)Oc2ccccc2Br)c1. The Hall–Kier alpha value is -1.41. The van der Waals surface area contributed by atoms with Crippen LogP contribution in [-0.4, -0.2) is 32.8 Å². The standard InChI is InChI=1S/C15H13BrClNO4S/c1-18(2)23(20,21)10-7-8-13(17)11(9-10)15(19)22-14-6-4-3-5-12(14)16/h3-9H,1-2H3. The van der Waals surface area contributed by atoms with Gasteiger partial charge < -0.3 is 4.74 Å². The summed E-state index contributed by atoms with van der Waals surface area (Å²) in [6, 6.07) is 10.7. The lowest BCUT2D eigenvalue weighted by molar-refractivity contribution is 0.0733. The zero-order valence-electron chi connectivity index (χ0n) is 12.3. The average molecular weight is 419 g/mol. The van der Waals surface area contributed by atoms with Gasteiger partial charge >= 0.3 is 5.97 Å². The summed E-state index contributed by atoms with van der Waals surface area (Å²) in [6.07, 6.45) is 0. The Morgan fingerprint density at radius 2 is 1.83 bits per heavy atom. The van der Waals surface area contributed by atoms with E-state index in [0.29, 0.717) is 10.2 Å². The molecule has 2 aromatic carbocycles. The van der Waals surface area contributed by atoms with Crippen molar-refractivity contribution in [1.29, 1.82) is 0 Å². The second-order valence-electron chi connectivity index (χ2n) is 4.75. The Kier molecular flexibility index (Phi) is 5.46. The van der Waals surface area contributed by atoms with Crippen LogP contribution in [0.4, 0.5) is 0 Å². The Morgan fingerprint density at radius 1 is 1.17 bits per heavy atom. The fraction of sp³-hybridized carbons (Fsp3) is 0.133. The Morgan fingerprint density at radius 3 is 2.43 bits per heavy atom. The molecule has 0 atom stereocenters. The number of nitrogens with zero attached hydrogens (tertiary/aromatic N) is 1. The summed E-state index contributed by atoms with van der Waals surface area (Å²) in [6.45, 7) is 0. The van der Waals surface area contributed by atoms with Gasteiger partial charge in [0.05, 0.1) is 20.0 Å². The predicted octanol–water partition coefficient (Wildman–Crippen LogP) is 3.57. The van der Waals surface area contributed by atoms with Crippen LogP contribution in [0.5, 0.6) is 5.75 Å². The van der Waals surface area contributed by atoms with E-state index >= 15 is 0 Å². The van der Waals surface area contributed by atoms with E-state index in [2.05, 4.69) is 15.9 Å². The van der Waals surface area contributed by atoms with E-state index < -0.39 is 16.0 Å². The summed E-state index contributed by atoms with van der Waals surface area (Å²) >= 11 is 9.27. The molecule has 2 rings (SSSR count). The molecule has 0 unspecified atom stereocenters. The van der Waals surface area contributed by atoms with Gasteiger partial charge in [0.25, 0.3) is 0 Å². The van der Waals surface area contributed by atoms with Crippen LogP contribution in [-0.2, 0) is 10.0 Å². The fourth-order valence-electron chi connectivity index (χ4n) is 1.71. The molecule has 0 heterocycles. The van der Waals surface area contributed by atoms with E-state index in [-0.39, 0.29) is 15.5 Å². The van der Waals surface area contributed by atoms with Gasteiger partial charge in [0.15, 0.2) is 0 Å². The first-order valence-electron chi connectivity index (χ1n) is 6.42. The van der Waals surface area contributed by atoms with E-state index in [1.165, 1.54) is 32.3 Å². The molecule has 0 amide bonds. The van der Waals surface area contributed by atoms with Crippen LogP contribution in [0.1, 0.15) is 10.4 Å². The molecule has 8 heteroatoms. The number of carbonyl (C=O) groups excluding carboxylic acids is 1. The van der Waals surface area contributed by atoms with Crippen molar-refractivity contribution >= 4 is 43.5 Å². The largest absolute Gasteiger partial charge is 0.422 e. The summed E-state index contributed by atoms with van der Waals surface area (Å²) in [7, 11) is -0.862. The van der Waals surface area contributed by atoms with Crippen molar-refractivity contribution in [2.45, 2.75) is 4.90 Å². The number of carbonyl (C=O) groups is 1. The molecule has 2 aromatic rings. The van der Waals surface area contributed by atoms with E-state index in [4.69, 9.17) is 16.3 Å². The van der Waals surface area contributed by atoms with Crippen molar-refractivity contribution in [2.24, 2.45) is 0 Å². The Bertz CT molecular complexity index is 852. The van der Waals surface area contributed by atoms with Gasteiger partial charge in [-0.3, -0.25) is 0 Å². The van der Waals surface area contributed by atoms with Gasteiger partial charge in [-0.05, 0) is 46.3 Å². The lowest BCUT2D eigenvalue weighted by Crippen LogP contribution is -2.22. The van der Waals surface area contributed by atoms with Crippen molar-refractivity contribution in [3.63, 3.8) is 0 Å². The minimum Gasteiger partial charge on any atom is -0.422 e. The first-order chi connectivity index (χ1) is 10.7. The lowest BCUT2D eigenvalue weighted by atomic mass is 10.2. The topological polar surface area (TPSA) is 63.7 Å². The third kappa shape index (κ3) is 3.92. The van der Waals surface area contributed by atoms with Crippen molar-refractivity contribution in [1.82, 2.24) is 4.31 Å². The van der Waals surface area contributed by atoms with Crippen LogP contribution in [0.25, 0.3) is 0 Å². The lowest BCUT2D eigenvalue weighted by Gasteiger charge is -2.13. The highest BCUT2D eigenvalue weighted by molar-refractivity contribution is 9.10. The third-order valence-electron chi connectivity index (χ3n) is 2.98. The molecule has 0 saturated heterocycles. The van der Waals surface area contributed by atoms with Crippen molar-refractivity contribution in [3.8, 4) is 5.75 Å². The van der Waals surface area contributed by atoms with Gasteiger partial charge in [-0.1, -0.05) is 23.7 Å². The number of benzene rings is 2. The molecule has 0 bridgehead atoms. The number of halogens is 2. The molecule has 0 fully saturated rings. The Labute approximate surface area is 148 Å². The predicted molar refractivity (Wildman–Crippen MR) is 91.4 cm³/mol. The van der Waals surface area contributed by atoms with Crippen LogP contribution >= 0.6 is 27.5 Å². The molecule has 0 aliphatic heterocycles. The first kappa shape index (κ1) is 17.9. The minimum absolute atomic E-state index is 0.0228. The van der Waals surface area contributed by atoms with Gasteiger partial charge in [-0.25, -0.2) is 17.5 Å². The zero-order chi connectivity index (χ0) is 17.2. The van der Waals surface area contributed by atoms with Gasteiger partial charge in [-0.15, -0.1) is 0 Å². The second kappa shape index (κ2) is 7.00. The first-order valence-corrected chi connectivity index (χ1v) is 9.03. The van der Waals surface area contributed by atoms with E-state index in [9.17, 15) is 13.2 Å². The number of rotatable bonds is 4. The number of hydrogen-bond donors (Lipinski definition) is 0. The summed E-state index contributed by atoms with van der Waals surface area (Å²) in [4.78, 5) is 12.3. The van der Waals surface area contributed by atoms with Gasteiger partial charge in [0.1, 0.15) is 5.75 Å². The maximum atomic E-state index is 12.3. The van der Waals surface area contributed by atoms with E-state index in [0.717, 1.165) is 4.31 Å². The number of para-hydroxylation sites is 1. The molecule has 0 radical (unpaired) electrons. The smallest absolute Gasteiger partial charge is 0.345 e. The highest BCUT2D eigenvalue weighted by atomic mass is 79.9. The van der Waals surface area contributed by atoms with Crippen LogP contribution in [0.2, 0.25) is 5.02 Å². The molecule has 0 saturated carbocycles. The van der Waals surface area contributed by atoms with E-state index in [1.54, 1.807) is 24.3 Å². The average Bonchev–Trinajstić information content (AvgIpc) is 2.49. The molecule has 0 aromatic heterocycles. The summed E-state index contributed by atoms with van der Waals surface area (Å²) in [5.74, 6) is -0.424. The Balaban J connectivity index is 2.40. The molecule has 0 aliphatic rings. The van der Waals surface area contributed by atoms with Crippen LogP contribution in [0.15, 0.2) is 51.8 Å². The van der Waals surface area contributed by atoms with Crippen molar-refractivity contribution < 1.29 is 17.9 Å².